The van der Waals surface area contributed by atoms with Crippen LogP contribution in [0.4, 0.5) is 0 Å². The quantitative estimate of drug-likeness (QED) is 0.850. The van der Waals surface area contributed by atoms with Crippen molar-refractivity contribution in [2.75, 3.05) is 0 Å². The molecule has 3 heteroatoms. The summed E-state index contributed by atoms with van der Waals surface area (Å²) in [5.74, 6) is 0.603. The van der Waals surface area contributed by atoms with Crippen molar-refractivity contribution in [1.82, 2.24) is 0 Å². The Bertz CT molecular complexity index is 365. The molecule has 1 fully saturated rings. The molecule has 2 N–H and O–H groups in total. The van der Waals surface area contributed by atoms with E-state index in [9.17, 15) is 0 Å². The second-order valence-electron chi connectivity index (χ2n) is 4.66. The maximum Gasteiger partial charge on any atom is 0.0595 e. The zero-order valence-corrected chi connectivity index (χ0v) is 10.8. The van der Waals surface area contributed by atoms with Gasteiger partial charge in [-0.2, -0.15) is 0 Å². The standard InChI is InChI=1S/C13H17Cl2N/c14-11-6-5-9(8-12(11)15)7-10-3-1-2-4-13(10)16/h5-6,8,10,13H,1-4,7,16H2. The van der Waals surface area contributed by atoms with Crippen molar-refractivity contribution in [3.05, 3.63) is 33.8 Å². The second-order valence-corrected chi connectivity index (χ2v) is 5.48. The molecule has 1 aromatic rings. The zero-order chi connectivity index (χ0) is 11.5. The Labute approximate surface area is 107 Å². The van der Waals surface area contributed by atoms with E-state index in [2.05, 4.69) is 6.07 Å². The van der Waals surface area contributed by atoms with Gasteiger partial charge < -0.3 is 5.73 Å². The molecule has 0 radical (unpaired) electrons. The van der Waals surface area contributed by atoms with E-state index < -0.39 is 0 Å². The van der Waals surface area contributed by atoms with Crippen molar-refractivity contribution in [3.8, 4) is 0 Å². The molecule has 1 aliphatic rings. The summed E-state index contributed by atoms with van der Waals surface area (Å²) in [6, 6.07) is 6.23. The fourth-order valence-electron chi connectivity index (χ4n) is 2.46. The zero-order valence-electron chi connectivity index (χ0n) is 9.26. The summed E-state index contributed by atoms with van der Waals surface area (Å²) >= 11 is 11.9. The highest BCUT2D eigenvalue weighted by Gasteiger charge is 2.21. The summed E-state index contributed by atoms with van der Waals surface area (Å²) in [5.41, 5.74) is 7.38. The molecule has 0 aliphatic heterocycles. The molecule has 1 aliphatic carbocycles. The summed E-state index contributed by atoms with van der Waals surface area (Å²) in [6.45, 7) is 0. The van der Waals surface area contributed by atoms with Gasteiger partial charge in [0.2, 0.25) is 0 Å². The van der Waals surface area contributed by atoms with Crippen LogP contribution < -0.4 is 5.73 Å². The van der Waals surface area contributed by atoms with E-state index in [1.54, 1.807) is 0 Å². The van der Waals surface area contributed by atoms with Crippen molar-refractivity contribution >= 4 is 23.2 Å². The highest BCUT2D eigenvalue weighted by Crippen LogP contribution is 2.29. The first kappa shape index (κ1) is 12.2. The minimum absolute atomic E-state index is 0.350. The van der Waals surface area contributed by atoms with E-state index in [1.807, 2.05) is 12.1 Å². The molecule has 1 nitrogen and oxygen atoms in total. The average Bonchev–Trinajstić information content (AvgIpc) is 2.27. The lowest BCUT2D eigenvalue weighted by Crippen LogP contribution is -2.34. The van der Waals surface area contributed by atoms with E-state index in [4.69, 9.17) is 28.9 Å². The molecule has 2 atom stereocenters. The molecule has 0 heterocycles. The third kappa shape index (κ3) is 2.91. The highest BCUT2D eigenvalue weighted by atomic mass is 35.5. The van der Waals surface area contributed by atoms with Gasteiger partial charge in [0.15, 0.2) is 0 Å². The topological polar surface area (TPSA) is 26.0 Å². The van der Waals surface area contributed by atoms with Gasteiger partial charge in [0.05, 0.1) is 10.0 Å². The monoisotopic (exact) mass is 257 g/mol. The van der Waals surface area contributed by atoms with Gasteiger partial charge >= 0.3 is 0 Å². The normalized spacial score (nSPS) is 25.7. The SMILES string of the molecule is NC1CCCCC1Cc1ccc(Cl)c(Cl)c1. The highest BCUT2D eigenvalue weighted by molar-refractivity contribution is 6.42. The predicted octanol–water partition coefficient (Wildman–Crippen LogP) is 4.05. The minimum atomic E-state index is 0.350. The van der Waals surface area contributed by atoms with Crippen LogP contribution in [-0.4, -0.2) is 6.04 Å². The van der Waals surface area contributed by atoms with Crippen molar-refractivity contribution in [2.24, 2.45) is 11.7 Å². The smallest absolute Gasteiger partial charge is 0.0595 e. The molecule has 2 rings (SSSR count). The molecule has 0 spiro atoms. The molecular weight excluding hydrogens is 241 g/mol. The van der Waals surface area contributed by atoms with Gasteiger partial charge in [-0.05, 0) is 42.9 Å². The molecule has 88 valence electrons. The number of halogens is 2. The lowest BCUT2D eigenvalue weighted by Gasteiger charge is -2.28. The summed E-state index contributed by atoms with van der Waals surface area (Å²) in [4.78, 5) is 0. The van der Waals surface area contributed by atoms with E-state index >= 15 is 0 Å². The minimum Gasteiger partial charge on any atom is -0.327 e. The largest absolute Gasteiger partial charge is 0.327 e. The Kier molecular flexibility index (Phi) is 4.12. The third-order valence-electron chi connectivity index (χ3n) is 3.45. The van der Waals surface area contributed by atoms with Crippen LogP contribution in [0.2, 0.25) is 10.0 Å². The Morgan fingerprint density at radius 3 is 2.56 bits per heavy atom. The van der Waals surface area contributed by atoms with Crippen LogP contribution in [0.5, 0.6) is 0 Å². The lowest BCUT2D eigenvalue weighted by atomic mass is 9.81. The van der Waals surface area contributed by atoms with Crippen LogP contribution in [0.1, 0.15) is 31.2 Å². The van der Waals surface area contributed by atoms with E-state index in [1.165, 1.54) is 24.8 Å². The maximum atomic E-state index is 6.14. The van der Waals surface area contributed by atoms with Crippen molar-refractivity contribution in [2.45, 2.75) is 38.1 Å². The van der Waals surface area contributed by atoms with E-state index in [0.29, 0.717) is 22.0 Å². The summed E-state index contributed by atoms with van der Waals surface area (Å²) in [5, 5.41) is 1.27. The van der Waals surface area contributed by atoms with Crippen LogP contribution >= 0.6 is 23.2 Å². The summed E-state index contributed by atoms with van der Waals surface area (Å²) < 4.78 is 0. The predicted molar refractivity (Wildman–Crippen MR) is 70.1 cm³/mol. The van der Waals surface area contributed by atoms with Gasteiger partial charge in [-0.3, -0.25) is 0 Å². The average molecular weight is 258 g/mol. The molecule has 0 bridgehead atoms. The number of nitrogens with two attached hydrogens (primary N) is 1. The Balaban J connectivity index is 2.05. The van der Waals surface area contributed by atoms with Crippen LogP contribution in [0.3, 0.4) is 0 Å². The van der Waals surface area contributed by atoms with Gasteiger partial charge in [-0.25, -0.2) is 0 Å². The van der Waals surface area contributed by atoms with Gasteiger partial charge in [0.25, 0.3) is 0 Å². The first-order valence-corrected chi connectivity index (χ1v) is 6.62. The lowest BCUT2D eigenvalue weighted by molar-refractivity contribution is 0.306. The number of hydrogen-bond acceptors (Lipinski definition) is 1. The van der Waals surface area contributed by atoms with Crippen LogP contribution in [-0.2, 0) is 6.42 Å². The molecule has 0 aromatic heterocycles. The van der Waals surface area contributed by atoms with Crippen molar-refractivity contribution < 1.29 is 0 Å². The third-order valence-corrected chi connectivity index (χ3v) is 4.19. The number of benzene rings is 1. The number of hydrogen-bond donors (Lipinski definition) is 1. The van der Waals surface area contributed by atoms with Gasteiger partial charge in [0.1, 0.15) is 0 Å². The maximum absolute atomic E-state index is 6.14. The molecule has 16 heavy (non-hydrogen) atoms. The second kappa shape index (κ2) is 5.39. The van der Waals surface area contributed by atoms with E-state index in [0.717, 1.165) is 12.8 Å². The first-order chi connectivity index (χ1) is 7.66. The van der Waals surface area contributed by atoms with Crippen LogP contribution in [0, 0.1) is 5.92 Å². The summed E-state index contributed by atoms with van der Waals surface area (Å²) in [7, 11) is 0. The first-order valence-electron chi connectivity index (χ1n) is 5.86. The Morgan fingerprint density at radius 2 is 1.88 bits per heavy atom. The Morgan fingerprint density at radius 1 is 1.12 bits per heavy atom. The Hall–Kier alpha value is -0.240. The molecule has 0 amide bonds. The molecule has 1 aromatic carbocycles. The number of rotatable bonds is 2. The fraction of sp³-hybridized carbons (Fsp3) is 0.538. The van der Waals surface area contributed by atoms with Crippen molar-refractivity contribution in [1.29, 1.82) is 0 Å². The van der Waals surface area contributed by atoms with E-state index in [-0.39, 0.29) is 0 Å². The van der Waals surface area contributed by atoms with Gasteiger partial charge in [0, 0.05) is 6.04 Å². The van der Waals surface area contributed by atoms with Crippen LogP contribution in [0.15, 0.2) is 18.2 Å². The molecular formula is C13H17Cl2N. The molecule has 0 saturated heterocycles. The summed E-state index contributed by atoms with van der Waals surface area (Å²) in [6.07, 6.45) is 6.00. The van der Waals surface area contributed by atoms with Gasteiger partial charge in [-0.15, -0.1) is 0 Å². The van der Waals surface area contributed by atoms with Crippen LogP contribution in [0.25, 0.3) is 0 Å². The molecule has 1 saturated carbocycles. The van der Waals surface area contributed by atoms with Gasteiger partial charge in [-0.1, -0.05) is 42.1 Å². The molecule has 2 unspecified atom stereocenters. The van der Waals surface area contributed by atoms with Crippen molar-refractivity contribution in [3.63, 3.8) is 0 Å². The fourth-order valence-corrected chi connectivity index (χ4v) is 2.78.